The van der Waals surface area contributed by atoms with Crippen LogP contribution in [0.3, 0.4) is 0 Å². The number of benzene rings is 1. The fourth-order valence-electron chi connectivity index (χ4n) is 2.73. The van der Waals surface area contributed by atoms with Crippen LogP contribution in [0.2, 0.25) is 0 Å². The minimum absolute atomic E-state index is 0.172. The number of fused-ring (bicyclic) bond motifs is 3. The molecule has 2 unspecified atom stereocenters. The van der Waals surface area contributed by atoms with Crippen LogP contribution in [0.25, 0.3) is 0 Å². The minimum atomic E-state index is 0.172. The lowest BCUT2D eigenvalue weighted by atomic mass is 10.1. The van der Waals surface area contributed by atoms with Gasteiger partial charge in [0.2, 0.25) is 0 Å². The highest BCUT2D eigenvalue weighted by molar-refractivity contribution is 5.62. The molecular weight excluding hydrogens is 176 g/mol. The Hall–Kier alpha value is -1.22. The molecule has 1 saturated heterocycles. The van der Waals surface area contributed by atoms with Crippen molar-refractivity contribution in [3.8, 4) is 5.75 Å². The molecule has 0 spiro atoms. The topological polar surface area (TPSA) is 49.5 Å². The summed E-state index contributed by atoms with van der Waals surface area (Å²) in [6, 6.07) is 6.16. The molecule has 0 saturated carbocycles. The first-order valence-electron chi connectivity index (χ1n) is 5.11. The van der Waals surface area contributed by atoms with Crippen molar-refractivity contribution in [3.05, 3.63) is 23.8 Å². The number of rotatable bonds is 0. The Labute approximate surface area is 83.1 Å². The number of hydrogen-bond acceptors (Lipinski definition) is 3. The number of phenolic OH excluding ortho intramolecular Hbond substituents is 1. The number of hydrogen-bond donors (Lipinski definition) is 2. The lowest BCUT2D eigenvalue weighted by molar-refractivity contribution is 0.474. The number of nitrogens with zero attached hydrogens (tertiary/aromatic N) is 1. The van der Waals surface area contributed by atoms with Crippen molar-refractivity contribution in [2.45, 2.75) is 31.5 Å². The van der Waals surface area contributed by atoms with Gasteiger partial charge >= 0.3 is 0 Å². The highest BCUT2D eigenvalue weighted by atomic mass is 16.3. The number of nitrogens with two attached hydrogens (primary N) is 1. The summed E-state index contributed by atoms with van der Waals surface area (Å²) in [5.74, 6) is 0.360. The Morgan fingerprint density at radius 2 is 2.21 bits per heavy atom. The maximum atomic E-state index is 9.38. The second kappa shape index (κ2) is 2.64. The first-order chi connectivity index (χ1) is 6.75. The lowest BCUT2D eigenvalue weighted by Crippen LogP contribution is -2.38. The molecule has 3 nitrogen and oxygen atoms in total. The van der Waals surface area contributed by atoms with Gasteiger partial charge in [-0.3, -0.25) is 0 Å². The van der Waals surface area contributed by atoms with Gasteiger partial charge in [-0.25, -0.2) is 0 Å². The van der Waals surface area contributed by atoms with E-state index in [-0.39, 0.29) is 6.17 Å². The third kappa shape index (κ3) is 0.960. The number of phenols is 1. The van der Waals surface area contributed by atoms with E-state index in [1.165, 1.54) is 17.7 Å². The Balaban J connectivity index is 2.07. The average Bonchev–Trinajstić information content (AvgIpc) is 2.66. The molecule has 0 amide bonds. The van der Waals surface area contributed by atoms with Gasteiger partial charge in [0.05, 0.1) is 6.17 Å². The molecule has 0 bridgehead atoms. The highest BCUT2D eigenvalue weighted by Crippen LogP contribution is 2.40. The molecule has 2 aliphatic rings. The fourth-order valence-corrected chi connectivity index (χ4v) is 2.73. The van der Waals surface area contributed by atoms with Gasteiger partial charge in [-0.15, -0.1) is 0 Å². The molecule has 2 heterocycles. The van der Waals surface area contributed by atoms with Gasteiger partial charge in [-0.05, 0) is 43.0 Å². The van der Waals surface area contributed by atoms with Gasteiger partial charge in [0.1, 0.15) is 5.75 Å². The first kappa shape index (κ1) is 8.12. The Kier molecular flexibility index (Phi) is 1.53. The second-order valence-corrected chi connectivity index (χ2v) is 4.22. The number of aromatic hydroxyl groups is 1. The van der Waals surface area contributed by atoms with E-state index in [1.807, 2.05) is 12.1 Å². The van der Waals surface area contributed by atoms with E-state index in [9.17, 15) is 5.11 Å². The fraction of sp³-hybridized carbons (Fsp3) is 0.455. The van der Waals surface area contributed by atoms with Crippen molar-refractivity contribution >= 4 is 5.69 Å². The summed E-state index contributed by atoms with van der Waals surface area (Å²) in [4.78, 5) is 2.30. The highest BCUT2D eigenvalue weighted by Gasteiger charge is 2.37. The maximum Gasteiger partial charge on any atom is 0.116 e. The summed E-state index contributed by atoms with van der Waals surface area (Å²) in [7, 11) is 0. The summed E-state index contributed by atoms with van der Waals surface area (Å²) in [6.07, 6.45) is 3.48. The molecule has 2 aliphatic heterocycles. The van der Waals surface area contributed by atoms with Crippen LogP contribution in [0.15, 0.2) is 18.2 Å². The minimum Gasteiger partial charge on any atom is -0.508 e. The van der Waals surface area contributed by atoms with E-state index in [0.717, 1.165) is 12.8 Å². The van der Waals surface area contributed by atoms with Crippen LogP contribution < -0.4 is 10.6 Å². The Bertz CT molecular complexity index is 378. The zero-order valence-electron chi connectivity index (χ0n) is 7.98. The van der Waals surface area contributed by atoms with Crippen LogP contribution in [0.5, 0.6) is 5.75 Å². The van der Waals surface area contributed by atoms with Crippen LogP contribution in [0.1, 0.15) is 18.4 Å². The van der Waals surface area contributed by atoms with Gasteiger partial charge in [-0.2, -0.15) is 0 Å². The summed E-state index contributed by atoms with van der Waals surface area (Å²) in [6.45, 7) is 0. The summed E-state index contributed by atoms with van der Waals surface area (Å²) < 4.78 is 0. The molecule has 0 aromatic heterocycles. The lowest BCUT2D eigenvalue weighted by Gasteiger charge is -2.24. The summed E-state index contributed by atoms with van der Waals surface area (Å²) >= 11 is 0. The molecule has 3 rings (SSSR count). The Morgan fingerprint density at radius 1 is 1.36 bits per heavy atom. The van der Waals surface area contributed by atoms with E-state index in [0.29, 0.717) is 11.8 Å². The molecule has 3 N–H and O–H groups in total. The van der Waals surface area contributed by atoms with Gasteiger partial charge in [0, 0.05) is 11.7 Å². The van der Waals surface area contributed by atoms with Gasteiger partial charge in [0.15, 0.2) is 0 Å². The smallest absolute Gasteiger partial charge is 0.116 e. The van der Waals surface area contributed by atoms with Crippen molar-refractivity contribution in [2.24, 2.45) is 5.73 Å². The standard InChI is InChI=1S/C11H14N2O/c12-11-4-1-8-5-7-6-9(14)2-3-10(7)13(8)11/h2-3,6,8,11,14H,1,4-5,12H2. The average molecular weight is 190 g/mol. The molecular formula is C11H14N2O. The quantitative estimate of drug-likeness (QED) is 0.646. The molecule has 1 fully saturated rings. The summed E-state index contributed by atoms with van der Waals surface area (Å²) in [5.41, 5.74) is 8.50. The van der Waals surface area contributed by atoms with E-state index < -0.39 is 0 Å². The van der Waals surface area contributed by atoms with E-state index in [1.54, 1.807) is 6.07 Å². The van der Waals surface area contributed by atoms with Crippen LogP contribution >= 0.6 is 0 Å². The van der Waals surface area contributed by atoms with Gasteiger partial charge < -0.3 is 15.7 Å². The normalized spacial score (nSPS) is 29.1. The third-order valence-corrected chi connectivity index (χ3v) is 3.34. The van der Waals surface area contributed by atoms with Gasteiger partial charge in [0.25, 0.3) is 0 Å². The van der Waals surface area contributed by atoms with E-state index in [4.69, 9.17) is 5.73 Å². The largest absolute Gasteiger partial charge is 0.508 e. The zero-order chi connectivity index (χ0) is 9.71. The second-order valence-electron chi connectivity index (χ2n) is 4.22. The molecule has 3 heteroatoms. The van der Waals surface area contributed by atoms with Crippen LogP contribution in [0, 0.1) is 0 Å². The van der Waals surface area contributed by atoms with E-state index >= 15 is 0 Å². The Morgan fingerprint density at radius 3 is 3.07 bits per heavy atom. The molecule has 74 valence electrons. The van der Waals surface area contributed by atoms with E-state index in [2.05, 4.69) is 4.90 Å². The van der Waals surface area contributed by atoms with Crippen molar-refractivity contribution in [1.82, 2.24) is 0 Å². The number of anilines is 1. The monoisotopic (exact) mass is 190 g/mol. The predicted molar refractivity (Wildman–Crippen MR) is 55.3 cm³/mol. The van der Waals surface area contributed by atoms with Gasteiger partial charge in [-0.1, -0.05) is 0 Å². The van der Waals surface area contributed by atoms with Crippen LogP contribution in [-0.4, -0.2) is 17.3 Å². The first-order valence-corrected chi connectivity index (χ1v) is 5.11. The molecule has 14 heavy (non-hydrogen) atoms. The van der Waals surface area contributed by atoms with Crippen molar-refractivity contribution < 1.29 is 5.11 Å². The van der Waals surface area contributed by atoms with Crippen LogP contribution in [0.4, 0.5) is 5.69 Å². The summed E-state index contributed by atoms with van der Waals surface area (Å²) in [5, 5.41) is 9.38. The molecule has 1 aromatic rings. The van der Waals surface area contributed by atoms with Crippen molar-refractivity contribution in [2.75, 3.05) is 4.90 Å². The maximum absolute atomic E-state index is 9.38. The molecule has 0 aliphatic carbocycles. The predicted octanol–water partition coefficient (Wildman–Crippen LogP) is 1.20. The molecule has 1 aromatic carbocycles. The third-order valence-electron chi connectivity index (χ3n) is 3.34. The van der Waals surface area contributed by atoms with Crippen LogP contribution in [-0.2, 0) is 6.42 Å². The van der Waals surface area contributed by atoms with Crippen molar-refractivity contribution in [3.63, 3.8) is 0 Å². The molecule has 2 atom stereocenters. The molecule has 0 radical (unpaired) electrons. The zero-order valence-corrected chi connectivity index (χ0v) is 7.98. The SMILES string of the molecule is NC1CCC2Cc3cc(O)ccc3N12. The van der Waals surface area contributed by atoms with Crippen molar-refractivity contribution in [1.29, 1.82) is 0 Å².